The van der Waals surface area contributed by atoms with Crippen LogP contribution in [0.2, 0.25) is 0 Å². The number of aryl methyl sites for hydroxylation is 1. The Morgan fingerprint density at radius 2 is 2.05 bits per heavy atom. The van der Waals surface area contributed by atoms with E-state index in [9.17, 15) is 9.59 Å². The van der Waals surface area contributed by atoms with E-state index in [1.807, 2.05) is 6.92 Å². The fourth-order valence-electron chi connectivity index (χ4n) is 1.65. The van der Waals surface area contributed by atoms with E-state index in [0.29, 0.717) is 18.0 Å². The van der Waals surface area contributed by atoms with Crippen LogP contribution in [0.15, 0.2) is 30.3 Å². The lowest BCUT2D eigenvalue weighted by Crippen LogP contribution is -2.28. The molecule has 0 atom stereocenters. The molecule has 1 heterocycles. The standard InChI is InChI=1S/C14H15N3O4/c1-9-8-12(17-16-9)13(18)15-6-7-21-11-4-2-10(3-5-11)14(19)20/h2-5,8H,6-7H2,1H3,(H,15,18)(H,16,17)(H,19,20). The number of nitrogens with one attached hydrogen (secondary N) is 2. The molecular formula is C14H15N3O4. The summed E-state index contributed by atoms with van der Waals surface area (Å²) in [5.74, 6) is -0.711. The maximum absolute atomic E-state index is 11.7. The molecule has 0 saturated carbocycles. The molecule has 0 radical (unpaired) electrons. The van der Waals surface area contributed by atoms with Crippen LogP contribution in [0.1, 0.15) is 26.5 Å². The Hall–Kier alpha value is -2.83. The number of carboxylic acid groups (broad SMARTS) is 1. The quantitative estimate of drug-likeness (QED) is 0.694. The molecule has 7 heteroatoms. The van der Waals surface area contributed by atoms with Crippen molar-refractivity contribution in [1.29, 1.82) is 0 Å². The first kappa shape index (κ1) is 14.6. The van der Waals surface area contributed by atoms with Gasteiger partial charge in [-0.05, 0) is 37.3 Å². The number of rotatable bonds is 6. The normalized spacial score (nSPS) is 10.1. The van der Waals surface area contributed by atoms with Gasteiger partial charge in [-0.25, -0.2) is 4.79 Å². The molecule has 21 heavy (non-hydrogen) atoms. The van der Waals surface area contributed by atoms with E-state index in [1.54, 1.807) is 18.2 Å². The minimum atomic E-state index is -0.983. The smallest absolute Gasteiger partial charge is 0.335 e. The third-order valence-corrected chi connectivity index (χ3v) is 2.70. The number of H-pyrrole nitrogens is 1. The number of carbonyl (C=O) groups excluding carboxylic acids is 1. The molecular weight excluding hydrogens is 274 g/mol. The highest BCUT2D eigenvalue weighted by Gasteiger charge is 2.08. The van der Waals surface area contributed by atoms with Gasteiger partial charge in [0.2, 0.25) is 0 Å². The van der Waals surface area contributed by atoms with Gasteiger partial charge in [-0.15, -0.1) is 0 Å². The third kappa shape index (κ3) is 4.07. The predicted molar refractivity (Wildman–Crippen MR) is 74.6 cm³/mol. The van der Waals surface area contributed by atoms with Crippen molar-refractivity contribution in [3.05, 3.63) is 47.3 Å². The van der Waals surface area contributed by atoms with Crippen molar-refractivity contribution in [2.45, 2.75) is 6.92 Å². The van der Waals surface area contributed by atoms with Gasteiger partial charge in [-0.1, -0.05) is 0 Å². The van der Waals surface area contributed by atoms with Crippen LogP contribution < -0.4 is 10.1 Å². The fourth-order valence-corrected chi connectivity index (χ4v) is 1.65. The van der Waals surface area contributed by atoms with Crippen molar-refractivity contribution >= 4 is 11.9 Å². The van der Waals surface area contributed by atoms with Crippen molar-refractivity contribution in [1.82, 2.24) is 15.5 Å². The monoisotopic (exact) mass is 289 g/mol. The molecule has 0 aliphatic heterocycles. The minimum absolute atomic E-state index is 0.199. The number of carboxylic acids is 1. The van der Waals surface area contributed by atoms with Crippen LogP contribution in [0.4, 0.5) is 0 Å². The Morgan fingerprint density at radius 3 is 2.62 bits per heavy atom. The van der Waals surface area contributed by atoms with Crippen LogP contribution in [0, 0.1) is 6.92 Å². The number of benzene rings is 1. The van der Waals surface area contributed by atoms with Crippen LogP contribution in [0.3, 0.4) is 0 Å². The maximum Gasteiger partial charge on any atom is 0.335 e. The van der Waals surface area contributed by atoms with Crippen LogP contribution in [-0.2, 0) is 0 Å². The lowest BCUT2D eigenvalue weighted by molar-refractivity contribution is 0.0696. The Balaban J connectivity index is 1.74. The van der Waals surface area contributed by atoms with E-state index < -0.39 is 5.97 Å². The van der Waals surface area contributed by atoms with Gasteiger partial charge in [0, 0.05) is 5.69 Å². The van der Waals surface area contributed by atoms with Crippen molar-refractivity contribution < 1.29 is 19.4 Å². The predicted octanol–water partition coefficient (Wildman–Crippen LogP) is 1.23. The number of aromatic carboxylic acids is 1. The highest BCUT2D eigenvalue weighted by molar-refractivity contribution is 5.92. The molecule has 1 aromatic carbocycles. The minimum Gasteiger partial charge on any atom is -0.492 e. The average Bonchev–Trinajstić information content (AvgIpc) is 2.90. The lowest BCUT2D eigenvalue weighted by Gasteiger charge is -2.07. The molecule has 2 rings (SSSR count). The van der Waals surface area contributed by atoms with Crippen LogP contribution >= 0.6 is 0 Å². The van der Waals surface area contributed by atoms with Crippen molar-refractivity contribution in [2.24, 2.45) is 0 Å². The second-order valence-corrected chi connectivity index (χ2v) is 4.37. The molecule has 110 valence electrons. The Bertz CT molecular complexity index is 634. The molecule has 0 aliphatic rings. The first-order valence-corrected chi connectivity index (χ1v) is 6.32. The number of aromatic amines is 1. The van der Waals surface area contributed by atoms with Gasteiger partial charge < -0.3 is 15.2 Å². The molecule has 0 spiro atoms. The van der Waals surface area contributed by atoms with Gasteiger partial charge in [-0.2, -0.15) is 5.10 Å². The van der Waals surface area contributed by atoms with Crippen molar-refractivity contribution in [2.75, 3.05) is 13.2 Å². The lowest BCUT2D eigenvalue weighted by atomic mass is 10.2. The molecule has 3 N–H and O–H groups in total. The number of ether oxygens (including phenoxy) is 1. The number of amides is 1. The molecule has 2 aromatic rings. The summed E-state index contributed by atoms with van der Waals surface area (Å²) in [7, 11) is 0. The summed E-state index contributed by atoms with van der Waals surface area (Å²) in [6.45, 7) is 2.42. The molecule has 0 saturated heterocycles. The molecule has 0 bridgehead atoms. The van der Waals surface area contributed by atoms with Gasteiger partial charge in [0.05, 0.1) is 12.1 Å². The summed E-state index contributed by atoms with van der Waals surface area (Å²) in [5, 5.41) is 18.0. The number of hydrogen-bond donors (Lipinski definition) is 3. The fraction of sp³-hybridized carbons (Fsp3) is 0.214. The van der Waals surface area contributed by atoms with Crippen LogP contribution in [0.5, 0.6) is 5.75 Å². The Kier molecular flexibility index (Phi) is 4.55. The number of hydrogen-bond acceptors (Lipinski definition) is 4. The largest absolute Gasteiger partial charge is 0.492 e. The van der Waals surface area contributed by atoms with Gasteiger partial charge in [0.15, 0.2) is 0 Å². The maximum atomic E-state index is 11.7. The molecule has 0 fully saturated rings. The van der Waals surface area contributed by atoms with Crippen molar-refractivity contribution in [3.8, 4) is 5.75 Å². The highest BCUT2D eigenvalue weighted by atomic mass is 16.5. The third-order valence-electron chi connectivity index (χ3n) is 2.70. The van der Waals surface area contributed by atoms with E-state index in [-0.39, 0.29) is 18.1 Å². The molecule has 0 unspecified atom stereocenters. The van der Waals surface area contributed by atoms with Gasteiger partial charge in [0.1, 0.15) is 18.1 Å². The second-order valence-electron chi connectivity index (χ2n) is 4.37. The summed E-state index contributed by atoms with van der Waals surface area (Å²) in [4.78, 5) is 22.4. The zero-order valence-corrected chi connectivity index (χ0v) is 11.4. The van der Waals surface area contributed by atoms with E-state index in [1.165, 1.54) is 12.1 Å². The van der Waals surface area contributed by atoms with E-state index in [4.69, 9.17) is 9.84 Å². The summed E-state index contributed by atoms with van der Waals surface area (Å²) in [6.07, 6.45) is 0. The first-order chi connectivity index (χ1) is 10.1. The van der Waals surface area contributed by atoms with Gasteiger partial charge >= 0.3 is 5.97 Å². The van der Waals surface area contributed by atoms with Crippen LogP contribution in [0.25, 0.3) is 0 Å². The van der Waals surface area contributed by atoms with Crippen LogP contribution in [-0.4, -0.2) is 40.3 Å². The molecule has 7 nitrogen and oxygen atoms in total. The van der Waals surface area contributed by atoms with E-state index in [2.05, 4.69) is 15.5 Å². The topological polar surface area (TPSA) is 104 Å². The van der Waals surface area contributed by atoms with Gasteiger partial charge in [-0.3, -0.25) is 9.89 Å². The highest BCUT2D eigenvalue weighted by Crippen LogP contribution is 2.11. The van der Waals surface area contributed by atoms with E-state index in [0.717, 1.165) is 5.69 Å². The number of carbonyl (C=O) groups is 2. The summed E-state index contributed by atoms with van der Waals surface area (Å²) >= 11 is 0. The average molecular weight is 289 g/mol. The SMILES string of the molecule is Cc1cc(C(=O)NCCOc2ccc(C(=O)O)cc2)n[nH]1. The summed E-state index contributed by atoms with van der Waals surface area (Å²) in [6, 6.07) is 7.72. The Morgan fingerprint density at radius 1 is 1.33 bits per heavy atom. The summed E-state index contributed by atoms with van der Waals surface area (Å²) < 4.78 is 5.40. The van der Waals surface area contributed by atoms with Gasteiger partial charge in [0.25, 0.3) is 5.91 Å². The molecule has 1 amide bonds. The van der Waals surface area contributed by atoms with E-state index >= 15 is 0 Å². The first-order valence-electron chi connectivity index (χ1n) is 6.32. The zero-order valence-electron chi connectivity index (χ0n) is 11.4. The second kappa shape index (κ2) is 6.56. The summed E-state index contributed by atoms with van der Waals surface area (Å²) in [5.41, 5.74) is 1.35. The molecule has 0 aliphatic carbocycles. The molecule has 1 aromatic heterocycles. The number of aromatic nitrogens is 2. The zero-order chi connectivity index (χ0) is 15.2. The number of nitrogens with zero attached hydrogens (tertiary/aromatic N) is 1. The Labute approximate surface area is 120 Å². The van der Waals surface area contributed by atoms with Crippen molar-refractivity contribution in [3.63, 3.8) is 0 Å².